The Labute approximate surface area is 344 Å². The van der Waals surface area contributed by atoms with E-state index < -0.39 is 18.1 Å². The number of unbranched alkanes of at least 4 members (excludes halogenated alkanes) is 18. The minimum Gasteiger partial charge on any atom is -0.544 e. The van der Waals surface area contributed by atoms with E-state index >= 15 is 0 Å². The highest BCUT2D eigenvalue weighted by atomic mass is 16.6. The van der Waals surface area contributed by atoms with Crippen molar-refractivity contribution in [2.75, 3.05) is 41.0 Å². The number of carboxylic acid groups (broad SMARTS) is 1. The molecule has 0 aromatic heterocycles. The first-order chi connectivity index (χ1) is 27.1. The van der Waals surface area contributed by atoms with Gasteiger partial charge < -0.3 is 28.6 Å². The van der Waals surface area contributed by atoms with E-state index in [9.17, 15) is 19.5 Å². The van der Waals surface area contributed by atoms with E-state index in [0.29, 0.717) is 12.8 Å². The molecule has 56 heavy (non-hydrogen) atoms. The summed E-state index contributed by atoms with van der Waals surface area (Å²) >= 11 is 0. The lowest BCUT2D eigenvalue weighted by Gasteiger charge is -2.34. The minimum atomic E-state index is -1.13. The zero-order valence-corrected chi connectivity index (χ0v) is 36.8. The van der Waals surface area contributed by atoms with Crippen LogP contribution in [0.3, 0.4) is 0 Å². The SMILES string of the molecule is CCCCCC/C=C\C/C=C\CCCCCCCC(=O)OCC(COCCC(C(=O)[O-])[N+](C)(C)C)OC(=O)CCCCCCC/C=C\C/C=C\CCCCCC. The summed E-state index contributed by atoms with van der Waals surface area (Å²) in [6.07, 6.45) is 45.5. The molecule has 0 aliphatic heterocycles. The molecule has 324 valence electrons. The van der Waals surface area contributed by atoms with Gasteiger partial charge in [0, 0.05) is 19.3 Å². The van der Waals surface area contributed by atoms with Gasteiger partial charge in [-0.25, -0.2) is 0 Å². The van der Waals surface area contributed by atoms with Crippen molar-refractivity contribution < 1.29 is 38.2 Å². The van der Waals surface area contributed by atoms with E-state index in [2.05, 4.69) is 62.5 Å². The zero-order chi connectivity index (χ0) is 41.4. The summed E-state index contributed by atoms with van der Waals surface area (Å²) in [5.74, 6) is -1.77. The maximum Gasteiger partial charge on any atom is 0.306 e. The Morgan fingerprint density at radius 2 is 0.946 bits per heavy atom. The van der Waals surface area contributed by atoms with Crippen LogP contribution in [-0.2, 0) is 28.6 Å². The van der Waals surface area contributed by atoms with Crippen molar-refractivity contribution in [3.63, 3.8) is 0 Å². The first kappa shape index (κ1) is 53.3. The van der Waals surface area contributed by atoms with Gasteiger partial charge in [-0.3, -0.25) is 9.59 Å². The van der Waals surface area contributed by atoms with Crippen LogP contribution in [0.2, 0.25) is 0 Å². The maximum absolute atomic E-state index is 12.7. The van der Waals surface area contributed by atoms with Gasteiger partial charge in [0.1, 0.15) is 12.6 Å². The van der Waals surface area contributed by atoms with Crippen molar-refractivity contribution in [1.82, 2.24) is 0 Å². The molecule has 0 heterocycles. The summed E-state index contributed by atoms with van der Waals surface area (Å²) in [4.78, 5) is 36.9. The van der Waals surface area contributed by atoms with Crippen molar-refractivity contribution in [3.05, 3.63) is 48.6 Å². The van der Waals surface area contributed by atoms with Gasteiger partial charge in [-0.1, -0.05) is 140 Å². The van der Waals surface area contributed by atoms with Crippen LogP contribution in [0.15, 0.2) is 48.6 Å². The number of ether oxygens (including phenoxy) is 3. The number of esters is 2. The summed E-state index contributed by atoms with van der Waals surface area (Å²) in [7, 11) is 5.40. The van der Waals surface area contributed by atoms with Crippen LogP contribution in [0, 0.1) is 0 Å². The molecule has 0 saturated heterocycles. The minimum absolute atomic E-state index is 0.0297. The molecule has 0 bridgehead atoms. The molecule has 8 heteroatoms. The number of rotatable bonds is 40. The summed E-state index contributed by atoms with van der Waals surface area (Å²) in [6.45, 7) is 4.60. The number of nitrogens with zero attached hydrogens (tertiary/aromatic N) is 1. The number of likely N-dealkylation sites (N-methyl/N-ethyl adjacent to an activating group) is 1. The van der Waals surface area contributed by atoms with Gasteiger partial charge >= 0.3 is 11.9 Å². The average molecular weight is 788 g/mol. The number of hydrogen-bond donors (Lipinski definition) is 0. The molecule has 0 rings (SSSR count). The highest BCUT2D eigenvalue weighted by molar-refractivity contribution is 5.70. The highest BCUT2D eigenvalue weighted by Gasteiger charge is 2.25. The molecule has 0 aromatic rings. The summed E-state index contributed by atoms with van der Waals surface area (Å²) < 4.78 is 17.2. The Balaban J connectivity index is 4.39. The number of carbonyl (C=O) groups is 3. The molecule has 0 aliphatic rings. The van der Waals surface area contributed by atoms with Gasteiger partial charge in [0.2, 0.25) is 0 Å². The van der Waals surface area contributed by atoms with Gasteiger partial charge in [-0.05, 0) is 77.0 Å². The van der Waals surface area contributed by atoms with Gasteiger partial charge in [-0.2, -0.15) is 0 Å². The van der Waals surface area contributed by atoms with Gasteiger partial charge in [0.25, 0.3) is 0 Å². The molecule has 0 N–H and O–H groups in total. The number of carboxylic acids is 1. The van der Waals surface area contributed by atoms with E-state index in [0.717, 1.165) is 89.9 Å². The summed E-state index contributed by atoms with van der Waals surface area (Å²) in [6, 6.07) is -0.731. The van der Waals surface area contributed by atoms with Crippen LogP contribution >= 0.6 is 0 Å². The lowest BCUT2D eigenvalue weighted by molar-refractivity contribution is -0.889. The molecular weight excluding hydrogens is 703 g/mol. The van der Waals surface area contributed by atoms with Crippen LogP contribution in [0.25, 0.3) is 0 Å². The fraction of sp³-hybridized carbons (Fsp3) is 0.771. The number of hydrogen-bond acceptors (Lipinski definition) is 7. The second-order valence-electron chi connectivity index (χ2n) is 16.3. The smallest absolute Gasteiger partial charge is 0.306 e. The van der Waals surface area contributed by atoms with Crippen LogP contribution < -0.4 is 5.11 Å². The molecule has 0 aliphatic carbocycles. The van der Waals surface area contributed by atoms with Crippen LogP contribution in [0.1, 0.15) is 187 Å². The first-order valence-corrected chi connectivity index (χ1v) is 22.7. The van der Waals surface area contributed by atoms with Crippen molar-refractivity contribution in [2.24, 2.45) is 0 Å². The van der Waals surface area contributed by atoms with E-state index in [1.54, 1.807) is 21.1 Å². The van der Waals surface area contributed by atoms with E-state index in [1.807, 2.05) is 0 Å². The van der Waals surface area contributed by atoms with Crippen molar-refractivity contribution in [3.8, 4) is 0 Å². The Kier molecular flexibility index (Phi) is 37.2. The lowest BCUT2D eigenvalue weighted by atomic mass is 10.1. The quantitative estimate of drug-likeness (QED) is 0.0264. The molecule has 0 saturated carbocycles. The molecule has 2 unspecified atom stereocenters. The third-order valence-corrected chi connectivity index (χ3v) is 9.94. The highest BCUT2D eigenvalue weighted by Crippen LogP contribution is 2.13. The van der Waals surface area contributed by atoms with Crippen LogP contribution in [-0.4, -0.2) is 75.5 Å². The molecule has 0 aromatic carbocycles. The second-order valence-corrected chi connectivity index (χ2v) is 16.3. The molecular formula is C48H85NO7. The number of quaternary nitrogens is 1. The maximum atomic E-state index is 12.7. The van der Waals surface area contributed by atoms with Crippen molar-refractivity contribution in [1.29, 1.82) is 0 Å². The monoisotopic (exact) mass is 788 g/mol. The molecule has 8 nitrogen and oxygen atoms in total. The van der Waals surface area contributed by atoms with Crippen molar-refractivity contribution >= 4 is 17.9 Å². The normalized spacial score (nSPS) is 13.4. The topological polar surface area (TPSA) is 102 Å². The third-order valence-electron chi connectivity index (χ3n) is 9.94. The van der Waals surface area contributed by atoms with Gasteiger partial charge in [0.05, 0.1) is 40.3 Å². The summed E-state index contributed by atoms with van der Waals surface area (Å²) in [5, 5.41) is 11.6. The lowest BCUT2D eigenvalue weighted by Crippen LogP contribution is -2.55. The molecule has 2 atom stereocenters. The molecule has 0 radical (unpaired) electrons. The molecule has 0 amide bonds. The predicted molar refractivity (Wildman–Crippen MR) is 231 cm³/mol. The Morgan fingerprint density at radius 1 is 0.536 bits per heavy atom. The molecule has 0 spiro atoms. The first-order valence-electron chi connectivity index (χ1n) is 22.7. The fourth-order valence-electron chi connectivity index (χ4n) is 6.37. The third kappa shape index (κ3) is 36.9. The number of carbonyl (C=O) groups excluding carboxylic acids is 3. The molecule has 0 fully saturated rings. The standard InChI is InChI=1S/C48H85NO7/c1-6-8-10-12-14-16-18-20-22-24-26-28-30-32-34-36-38-46(50)55-43-44(42-54-41-40-45(48(52)53)49(3,4)5)56-47(51)39-37-35-33-31-29-27-25-23-21-19-17-15-13-11-9-7-2/h16-19,22-25,44-45H,6-15,20-21,26-43H2,1-5H3/b18-16-,19-17-,24-22-,25-23-. The van der Waals surface area contributed by atoms with Crippen molar-refractivity contribution in [2.45, 2.75) is 199 Å². The Bertz CT molecular complexity index is 1060. The Hall–Kier alpha value is -2.71. The predicted octanol–water partition coefficient (Wildman–Crippen LogP) is 11.1. The largest absolute Gasteiger partial charge is 0.544 e. The fourth-order valence-corrected chi connectivity index (χ4v) is 6.37. The summed E-state index contributed by atoms with van der Waals surface area (Å²) in [5.41, 5.74) is 0. The number of aliphatic carboxylic acids is 1. The number of allylic oxidation sites excluding steroid dienone is 8. The van der Waals surface area contributed by atoms with E-state index in [-0.39, 0.29) is 42.7 Å². The average Bonchev–Trinajstić information content (AvgIpc) is 3.15. The van der Waals surface area contributed by atoms with E-state index in [1.165, 1.54) is 64.2 Å². The zero-order valence-electron chi connectivity index (χ0n) is 36.8. The second kappa shape index (κ2) is 39.1. The van der Waals surface area contributed by atoms with Crippen LogP contribution in [0.5, 0.6) is 0 Å². The Morgan fingerprint density at radius 3 is 1.38 bits per heavy atom. The van der Waals surface area contributed by atoms with Gasteiger partial charge in [0.15, 0.2) is 6.10 Å². The van der Waals surface area contributed by atoms with Crippen LogP contribution in [0.4, 0.5) is 0 Å². The van der Waals surface area contributed by atoms with E-state index in [4.69, 9.17) is 14.2 Å². The van der Waals surface area contributed by atoms with Gasteiger partial charge in [-0.15, -0.1) is 0 Å².